The lowest BCUT2D eigenvalue weighted by molar-refractivity contribution is 0.141. The van der Waals surface area contributed by atoms with Gasteiger partial charge in [0.2, 0.25) is 0 Å². The number of hydrogen-bond acceptors (Lipinski definition) is 1. The van der Waals surface area contributed by atoms with Gasteiger partial charge in [0.25, 0.3) is 0 Å². The quantitative estimate of drug-likeness (QED) is 0.608. The summed E-state index contributed by atoms with van der Waals surface area (Å²) in [4.78, 5) is 0. The van der Waals surface area contributed by atoms with Crippen LogP contribution in [0.5, 0.6) is 0 Å². The van der Waals surface area contributed by atoms with Crippen molar-refractivity contribution in [3.63, 3.8) is 0 Å². The summed E-state index contributed by atoms with van der Waals surface area (Å²) >= 11 is 17.6. The second-order valence-corrected chi connectivity index (χ2v) is 8.37. The van der Waals surface area contributed by atoms with Gasteiger partial charge in [-0.1, -0.05) is 50.4 Å². The number of nitrogens with one attached hydrogen (secondary N) is 2. The maximum Gasteiger partial charge on any atom is 0.171 e. The first-order valence-electron chi connectivity index (χ1n) is 8.34. The summed E-state index contributed by atoms with van der Waals surface area (Å²) in [5, 5.41) is 8.45. The Hall–Kier alpha value is -0.510. The second-order valence-electron chi connectivity index (χ2n) is 7.11. The SMILES string of the molecule is CCC(C)(C)C1CCC(NC(=S)Nc2cc(Cl)ccc2Cl)CC1. The average molecular weight is 373 g/mol. The molecule has 0 aliphatic heterocycles. The van der Waals surface area contributed by atoms with E-state index in [1.165, 1.54) is 32.1 Å². The molecule has 2 nitrogen and oxygen atoms in total. The summed E-state index contributed by atoms with van der Waals surface area (Å²) in [5.74, 6) is 0.814. The molecule has 0 saturated heterocycles. The number of anilines is 1. The summed E-state index contributed by atoms with van der Waals surface area (Å²) in [7, 11) is 0. The molecule has 1 fully saturated rings. The van der Waals surface area contributed by atoms with Crippen LogP contribution in [0.15, 0.2) is 18.2 Å². The van der Waals surface area contributed by atoms with E-state index in [0.717, 1.165) is 11.6 Å². The molecule has 1 aliphatic rings. The van der Waals surface area contributed by atoms with Crippen molar-refractivity contribution in [2.75, 3.05) is 5.32 Å². The van der Waals surface area contributed by atoms with Crippen LogP contribution in [0.25, 0.3) is 0 Å². The molecule has 1 saturated carbocycles. The zero-order chi connectivity index (χ0) is 17.0. The lowest BCUT2D eigenvalue weighted by Crippen LogP contribution is -2.41. The first-order valence-corrected chi connectivity index (χ1v) is 9.51. The van der Waals surface area contributed by atoms with E-state index in [1.54, 1.807) is 18.2 Å². The van der Waals surface area contributed by atoms with Gasteiger partial charge in [0.05, 0.1) is 10.7 Å². The molecule has 23 heavy (non-hydrogen) atoms. The van der Waals surface area contributed by atoms with Crippen molar-refractivity contribution in [1.29, 1.82) is 0 Å². The Morgan fingerprint density at radius 2 is 1.87 bits per heavy atom. The van der Waals surface area contributed by atoms with E-state index in [1.807, 2.05) is 0 Å². The Morgan fingerprint density at radius 1 is 1.22 bits per heavy atom. The van der Waals surface area contributed by atoms with Crippen LogP contribution in [0.1, 0.15) is 52.9 Å². The van der Waals surface area contributed by atoms with Gasteiger partial charge >= 0.3 is 0 Å². The van der Waals surface area contributed by atoms with Crippen molar-refractivity contribution in [2.24, 2.45) is 11.3 Å². The van der Waals surface area contributed by atoms with Gasteiger partial charge in [0.1, 0.15) is 0 Å². The van der Waals surface area contributed by atoms with Crippen molar-refractivity contribution < 1.29 is 0 Å². The van der Waals surface area contributed by atoms with Gasteiger partial charge < -0.3 is 10.6 Å². The molecule has 1 aromatic rings. The van der Waals surface area contributed by atoms with E-state index >= 15 is 0 Å². The van der Waals surface area contributed by atoms with Crippen molar-refractivity contribution in [1.82, 2.24) is 5.32 Å². The highest BCUT2D eigenvalue weighted by atomic mass is 35.5. The lowest BCUT2D eigenvalue weighted by Gasteiger charge is -2.39. The molecule has 0 heterocycles. The Kier molecular flexibility index (Phi) is 6.58. The molecule has 0 amide bonds. The first kappa shape index (κ1) is 18.8. The van der Waals surface area contributed by atoms with Crippen LogP contribution in [0, 0.1) is 11.3 Å². The minimum Gasteiger partial charge on any atom is -0.360 e. The van der Waals surface area contributed by atoms with Gasteiger partial charge in [-0.2, -0.15) is 0 Å². The molecular weight excluding hydrogens is 347 g/mol. The average Bonchev–Trinajstić information content (AvgIpc) is 2.51. The largest absolute Gasteiger partial charge is 0.360 e. The van der Waals surface area contributed by atoms with Crippen LogP contribution in [0.3, 0.4) is 0 Å². The van der Waals surface area contributed by atoms with Crippen molar-refractivity contribution >= 4 is 46.2 Å². The highest BCUT2D eigenvalue weighted by Gasteiger charge is 2.31. The fourth-order valence-corrected chi connectivity index (χ4v) is 3.86. The van der Waals surface area contributed by atoms with Crippen molar-refractivity contribution in [2.45, 2.75) is 58.9 Å². The Morgan fingerprint density at radius 3 is 2.48 bits per heavy atom. The van der Waals surface area contributed by atoms with Gasteiger partial charge in [0.15, 0.2) is 5.11 Å². The summed E-state index contributed by atoms with van der Waals surface area (Å²) in [6, 6.07) is 5.77. The molecular formula is C18H26Cl2N2S. The highest BCUT2D eigenvalue weighted by Crippen LogP contribution is 2.40. The predicted molar refractivity (Wildman–Crippen MR) is 106 cm³/mol. The molecule has 0 bridgehead atoms. The topological polar surface area (TPSA) is 24.1 Å². The minimum atomic E-state index is 0.442. The number of hydrogen-bond donors (Lipinski definition) is 2. The van der Waals surface area contributed by atoms with E-state index in [9.17, 15) is 0 Å². The maximum absolute atomic E-state index is 6.16. The molecule has 5 heteroatoms. The van der Waals surface area contributed by atoms with Gasteiger partial charge in [-0.05, 0) is 67.4 Å². The Balaban J connectivity index is 1.84. The number of thiocarbonyl (C=S) groups is 1. The summed E-state index contributed by atoms with van der Waals surface area (Å²) < 4.78 is 0. The molecule has 0 radical (unpaired) electrons. The van der Waals surface area contributed by atoms with E-state index in [4.69, 9.17) is 35.4 Å². The summed E-state index contributed by atoms with van der Waals surface area (Å²) in [6.07, 6.45) is 6.10. The summed E-state index contributed by atoms with van der Waals surface area (Å²) in [5.41, 5.74) is 1.19. The third-order valence-corrected chi connectivity index (χ3v) is 6.04. The molecule has 0 spiro atoms. The van der Waals surface area contributed by atoms with E-state index in [-0.39, 0.29) is 0 Å². The molecule has 0 aromatic heterocycles. The van der Waals surface area contributed by atoms with Crippen LogP contribution in [-0.2, 0) is 0 Å². The number of benzene rings is 1. The van der Waals surface area contributed by atoms with E-state index in [2.05, 4.69) is 31.4 Å². The molecule has 1 aliphatic carbocycles. The van der Waals surface area contributed by atoms with Crippen LogP contribution < -0.4 is 10.6 Å². The van der Waals surface area contributed by atoms with Crippen molar-refractivity contribution in [3.05, 3.63) is 28.2 Å². The molecule has 2 rings (SSSR count). The number of rotatable bonds is 4. The first-order chi connectivity index (χ1) is 10.8. The predicted octanol–water partition coefficient (Wildman–Crippen LogP) is 6.27. The van der Waals surface area contributed by atoms with Crippen LogP contribution in [0.4, 0.5) is 5.69 Å². The second kappa shape index (κ2) is 8.04. The lowest BCUT2D eigenvalue weighted by atomic mass is 9.69. The fourth-order valence-electron chi connectivity index (χ4n) is 3.24. The third kappa shape index (κ3) is 5.23. The maximum atomic E-state index is 6.16. The standard InChI is InChI=1S/C18H26Cl2N2S/c1-4-18(2,3)12-5-8-14(9-6-12)21-17(23)22-16-11-13(19)7-10-15(16)20/h7,10-12,14H,4-6,8-9H2,1-3H3,(H2,21,22,23). The van der Waals surface area contributed by atoms with Crippen LogP contribution in [0.2, 0.25) is 10.0 Å². The van der Waals surface area contributed by atoms with Gasteiger partial charge in [0, 0.05) is 11.1 Å². The van der Waals surface area contributed by atoms with Crippen LogP contribution in [-0.4, -0.2) is 11.2 Å². The number of halogens is 2. The molecule has 0 unspecified atom stereocenters. The summed E-state index contributed by atoms with van der Waals surface area (Å²) in [6.45, 7) is 7.07. The zero-order valence-electron chi connectivity index (χ0n) is 14.1. The monoisotopic (exact) mass is 372 g/mol. The Bertz CT molecular complexity index is 552. The molecule has 128 valence electrons. The fraction of sp³-hybridized carbons (Fsp3) is 0.611. The van der Waals surface area contributed by atoms with Crippen molar-refractivity contribution in [3.8, 4) is 0 Å². The van der Waals surface area contributed by atoms with E-state index in [0.29, 0.717) is 26.6 Å². The normalized spacial score (nSPS) is 21.8. The molecule has 1 aromatic carbocycles. The van der Waals surface area contributed by atoms with E-state index < -0.39 is 0 Å². The Labute approximate surface area is 155 Å². The smallest absolute Gasteiger partial charge is 0.171 e. The van der Waals surface area contributed by atoms with Crippen LogP contribution >= 0.6 is 35.4 Å². The third-order valence-electron chi connectivity index (χ3n) is 5.26. The molecule has 2 N–H and O–H groups in total. The molecule has 0 atom stereocenters. The van der Waals surface area contributed by atoms with Gasteiger partial charge in [-0.25, -0.2) is 0 Å². The van der Waals surface area contributed by atoms with Gasteiger partial charge in [-0.3, -0.25) is 0 Å². The van der Waals surface area contributed by atoms with Gasteiger partial charge in [-0.15, -0.1) is 0 Å². The highest BCUT2D eigenvalue weighted by molar-refractivity contribution is 7.80. The zero-order valence-corrected chi connectivity index (χ0v) is 16.4. The minimum absolute atomic E-state index is 0.442.